The number of benzene rings is 1. The van der Waals surface area contributed by atoms with Crippen molar-refractivity contribution >= 4 is 16.8 Å². The number of ether oxygens (including phenoxy) is 1. The number of carbonyl (C=O) groups is 1. The third-order valence-electron chi connectivity index (χ3n) is 6.04. The first-order chi connectivity index (χ1) is 14.5. The number of fused-ring (bicyclic) bond motifs is 2. The molecule has 0 bridgehead atoms. The second-order valence-electron chi connectivity index (χ2n) is 8.65. The first-order valence-corrected chi connectivity index (χ1v) is 11.2. The van der Waals surface area contributed by atoms with Crippen molar-refractivity contribution in [1.82, 2.24) is 19.8 Å². The molecular formula is C23H32N4O3. The molecule has 0 spiro atoms. The fourth-order valence-corrected chi connectivity index (χ4v) is 4.63. The molecule has 0 aliphatic carbocycles. The van der Waals surface area contributed by atoms with Gasteiger partial charge < -0.3 is 10.1 Å². The van der Waals surface area contributed by atoms with Crippen molar-refractivity contribution in [2.75, 3.05) is 26.2 Å². The zero-order valence-electron chi connectivity index (χ0n) is 18.0. The molecule has 1 aromatic carbocycles. The molecule has 0 saturated carbocycles. The molecule has 0 radical (unpaired) electrons. The molecule has 2 atom stereocenters. The number of nitrogens with one attached hydrogen (secondary N) is 1. The molecule has 162 valence electrons. The van der Waals surface area contributed by atoms with Gasteiger partial charge in [0.05, 0.1) is 23.1 Å². The molecule has 7 heteroatoms. The zero-order chi connectivity index (χ0) is 21.1. The number of hydrogen-bond acceptors (Lipinski definition) is 5. The summed E-state index contributed by atoms with van der Waals surface area (Å²) in [4.78, 5) is 32.7. The lowest BCUT2D eigenvalue weighted by atomic mass is 10.1. The summed E-state index contributed by atoms with van der Waals surface area (Å²) in [6.45, 7) is 8.03. The molecule has 2 aromatic rings. The van der Waals surface area contributed by atoms with Gasteiger partial charge in [-0.25, -0.2) is 4.98 Å². The van der Waals surface area contributed by atoms with E-state index in [1.54, 1.807) is 18.2 Å². The fourth-order valence-electron chi connectivity index (χ4n) is 4.63. The topological polar surface area (TPSA) is 76.5 Å². The van der Waals surface area contributed by atoms with Gasteiger partial charge in [0.25, 0.3) is 11.5 Å². The Hall–Kier alpha value is -2.25. The number of morpholine rings is 1. The molecule has 1 N–H and O–H groups in total. The van der Waals surface area contributed by atoms with Gasteiger partial charge >= 0.3 is 0 Å². The van der Waals surface area contributed by atoms with E-state index in [1.807, 2.05) is 4.57 Å². The maximum Gasteiger partial charge on any atom is 0.261 e. The van der Waals surface area contributed by atoms with Gasteiger partial charge in [0, 0.05) is 44.7 Å². The number of aryl methyl sites for hydroxylation is 1. The van der Waals surface area contributed by atoms with E-state index in [0.29, 0.717) is 23.0 Å². The predicted octanol–water partition coefficient (Wildman–Crippen LogP) is 2.35. The van der Waals surface area contributed by atoms with Crippen LogP contribution >= 0.6 is 0 Å². The summed E-state index contributed by atoms with van der Waals surface area (Å²) in [5, 5.41) is 3.59. The van der Waals surface area contributed by atoms with Gasteiger partial charge in [-0.15, -0.1) is 0 Å². The van der Waals surface area contributed by atoms with E-state index in [1.165, 1.54) is 6.42 Å². The molecule has 2 aliphatic rings. The lowest BCUT2D eigenvalue weighted by Crippen LogP contribution is -2.47. The molecule has 3 heterocycles. The van der Waals surface area contributed by atoms with E-state index in [9.17, 15) is 9.59 Å². The van der Waals surface area contributed by atoms with Gasteiger partial charge in [-0.05, 0) is 44.9 Å². The Morgan fingerprint density at radius 2 is 1.93 bits per heavy atom. The molecule has 1 amide bonds. The van der Waals surface area contributed by atoms with Crippen molar-refractivity contribution in [3.8, 4) is 0 Å². The summed E-state index contributed by atoms with van der Waals surface area (Å²) in [7, 11) is 0. The normalized spacial score (nSPS) is 22.9. The van der Waals surface area contributed by atoms with Crippen molar-refractivity contribution in [1.29, 1.82) is 0 Å². The zero-order valence-corrected chi connectivity index (χ0v) is 18.0. The van der Waals surface area contributed by atoms with Crippen molar-refractivity contribution in [3.05, 3.63) is 39.9 Å². The van der Waals surface area contributed by atoms with Crippen molar-refractivity contribution in [2.45, 2.75) is 64.7 Å². The van der Waals surface area contributed by atoms with Gasteiger partial charge in [0.15, 0.2) is 0 Å². The van der Waals surface area contributed by atoms with E-state index < -0.39 is 0 Å². The van der Waals surface area contributed by atoms with Crippen LogP contribution in [0.5, 0.6) is 0 Å². The van der Waals surface area contributed by atoms with Gasteiger partial charge in [0.2, 0.25) is 0 Å². The van der Waals surface area contributed by atoms with E-state index in [2.05, 4.69) is 24.1 Å². The molecule has 4 rings (SSSR count). The van der Waals surface area contributed by atoms with Gasteiger partial charge in [-0.2, -0.15) is 0 Å². The van der Waals surface area contributed by atoms with Crippen LogP contribution < -0.4 is 10.9 Å². The third-order valence-corrected chi connectivity index (χ3v) is 6.04. The molecule has 30 heavy (non-hydrogen) atoms. The van der Waals surface area contributed by atoms with Crippen LogP contribution in [-0.4, -0.2) is 58.7 Å². The summed E-state index contributed by atoms with van der Waals surface area (Å²) in [5.41, 5.74) is 1.18. The number of hydrogen-bond donors (Lipinski definition) is 1. The molecule has 1 aromatic heterocycles. The molecule has 1 fully saturated rings. The summed E-state index contributed by atoms with van der Waals surface area (Å²) in [5.74, 6) is 0.722. The highest BCUT2D eigenvalue weighted by Crippen LogP contribution is 2.16. The largest absolute Gasteiger partial charge is 0.373 e. The molecule has 1 saturated heterocycles. The highest BCUT2D eigenvalue weighted by Gasteiger charge is 2.22. The van der Waals surface area contributed by atoms with Crippen molar-refractivity contribution in [3.63, 3.8) is 0 Å². The summed E-state index contributed by atoms with van der Waals surface area (Å²) < 4.78 is 7.58. The predicted molar refractivity (Wildman–Crippen MR) is 117 cm³/mol. The van der Waals surface area contributed by atoms with Gasteiger partial charge in [-0.1, -0.05) is 12.8 Å². The van der Waals surface area contributed by atoms with Crippen molar-refractivity contribution < 1.29 is 9.53 Å². The highest BCUT2D eigenvalue weighted by atomic mass is 16.5. The van der Waals surface area contributed by atoms with E-state index in [0.717, 1.165) is 57.7 Å². The summed E-state index contributed by atoms with van der Waals surface area (Å²) in [6, 6.07) is 5.23. The van der Waals surface area contributed by atoms with Gasteiger partial charge in [0.1, 0.15) is 5.82 Å². The Bertz CT molecular complexity index is 961. The fraction of sp³-hybridized carbons (Fsp3) is 0.609. The maximum atomic E-state index is 12.9. The van der Waals surface area contributed by atoms with Crippen LogP contribution in [0.3, 0.4) is 0 Å². The van der Waals surface area contributed by atoms with Crippen LogP contribution in [0.4, 0.5) is 0 Å². The minimum atomic E-state index is -0.125. The van der Waals surface area contributed by atoms with Crippen molar-refractivity contribution in [2.24, 2.45) is 0 Å². The Balaban J connectivity index is 1.45. The number of rotatable bonds is 4. The number of aromatic nitrogens is 2. The molecule has 7 nitrogen and oxygen atoms in total. The Labute approximate surface area is 177 Å². The third kappa shape index (κ3) is 4.73. The lowest BCUT2D eigenvalue weighted by Gasteiger charge is -2.35. The van der Waals surface area contributed by atoms with Crippen LogP contribution in [0.15, 0.2) is 23.0 Å². The minimum absolute atomic E-state index is 0.0133. The van der Waals surface area contributed by atoms with E-state index in [4.69, 9.17) is 9.72 Å². The van der Waals surface area contributed by atoms with Crippen LogP contribution in [0.1, 0.15) is 55.7 Å². The summed E-state index contributed by atoms with van der Waals surface area (Å²) in [6.07, 6.45) is 5.66. The number of nitrogens with zero attached hydrogens (tertiary/aromatic N) is 3. The van der Waals surface area contributed by atoms with Crippen LogP contribution in [0.2, 0.25) is 0 Å². The quantitative estimate of drug-likeness (QED) is 0.834. The Morgan fingerprint density at radius 1 is 1.17 bits per heavy atom. The van der Waals surface area contributed by atoms with E-state index >= 15 is 0 Å². The van der Waals surface area contributed by atoms with Crippen LogP contribution in [0.25, 0.3) is 10.9 Å². The Kier molecular flexibility index (Phi) is 6.49. The first kappa shape index (κ1) is 21.0. The second kappa shape index (κ2) is 9.27. The average Bonchev–Trinajstić information content (AvgIpc) is 2.68. The molecule has 2 unspecified atom stereocenters. The molecule has 2 aliphatic heterocycles. The van der Waals surface area contributed by atoms with Gasteiger partial charge in [-0.3, -0.25) is 19.1 Å². The van der Waals surface area contributed by atoms with Crippen LogP contribution in [-0.2, 0) is 17.7 Å². The van der Waals surface area contributed by atoms with E-state index in [-0.39, 0.29) is 23.7 Å². The monoisotopic (exact) mass is 412 g/mol. The minimum Gasteiger partial charge on any atom is -0.373 e. The SMILES string of the molecule is CC1CN(CCNC(=O)c2ccc3c(=O)n4c(nc3c2)CCCCCC4)CC(C)O1. The highest BCUT2D eigenvalue weighted by molar-refractivity contribution is 5.97. The number of amides is 1. The molecular weight excluding hydrogens is 380 g/mol. The Morgan fingerprint density at radius 3 is 2.73 bits per heavy atom. The second-order valence-corrected chi connectivity index (χ2v) is 8.65. The first-order valence-electron chi connectivity index (χ1n) is 11.2. The lowest BCUT2D eigenvalue weighted by molar-refractivity contribution is -0.0672. The standard InChI is InChI=1S/C23H32N4O3/c1-16-14-26(15-17(2)30-16)12-10-24-22(28)18-8-9-19-20(13-18)25-21-7-5-3-4-6-11-27(21)23(19)29/h8-9,13,16-17H,3-7,10-12,14-15H2,1-2H3,(H,24,28). The average molecular weight is 413 g/mol. The number of carbonyl (C=O) groups excluding carboxylic acids is 1. The maximum absolute atomic E-state index is 12.9. The smallest absolute Gasteiger partial charge is 0.261 e. The summed E-state index contributed by atoms with van der Waals surface area (Å²) >= 11 is 0. The van der Waals surface area contributed by atoms with Crippen LogP contribution in [0, 0.1) is 0 Å².